The summed E-state index contributed by atoms with van der Waals surface area (Å²) in [5, 5.41) is 0.811. The number of fused-ring (bicyclic) bond motifs is 1. The van der Waals surface area contributed by atoms with Gasteiger partial charge in [-0.2, -0.15) is 8.42 Å². The van der Waals surface area contributed by atoms with E-state index in [4.69, 9.17) is 4.55 Å². The summed E-state index contributed by atoms with van der Waals surface area (Å²) < 4.78 is 32.1. The summed E-state index contributed by atoms with van der Waals surface area (Å²) in [4.78, 5) is 9.04. The van der Waals surface area contributed by atoms with Crippen LogP contribution in [0.15, 0.2) is 45.3 Å². The van der Waals surface area contributed by atoms with Crippen LogP contribution in [0.5, 0.6) is 0 Å². The molecule has 0 bridgehead atoms. The number of thiophene rings is 1. The van der Waals surface area contributed by atoms with Gasteiger partial charge in [-0.05, 0) is 30.3 Å². The molecule has 0 atom stereocenters. The van der Waals surface area contributed by atoms with Crippen LogP contribution < -0.4 is 0 Å². The van der Waals surface area contributed by atoms with Crippen LogP contribution in [0, 0.1) is 0 Å². The highest BCUT2D eigenvalue weighted by molar-refractivity contribution is 9.10. The van der Waals surface area contributed by atoms with E-state index in [9.17, 15) is 8.42 Å². The van der Waals surface area contributed by atoms with Crippen molar-refractivity contribution in [3.05, 3.63) is 41.1 Å². The van der Waals surface area contributed by atoms with Crippen LogP contribution in [-0.2, 0) is 10.1 Å². The van der Waals surface area contributed by atoms with Crippen LogP contribution in [0.3, 0.4) is 0 Å². The Morgan fingerprint density at radius 3 is 2.65 bits per heavy atom. The highest BCUT2D eigenvalue weighted by Crippen LogP contribution is 2.33. The predicted octanol–water partition coefficient (Wildman–Crippen LogP) is 3.37. The Labute approximate surface area is 127 Å². The zero-order valence-corrected chi connectivity index (χ0v) is 13.0. The van der Waals surface area contributed by atoms with Crippen molar-refractivity contribution in [1.82, 2.24) is 9.97 Å². The van der Waals surface area contributed by atoms with Crippen LogP contribution in [0.25, 0.3) is 21.5 Å². The van der Waals surface area contributed by atoms with E-state index in [1.54, 1.807) is 6.07 Å². The molecule has 0 radical (unpaired) electrons. The standard InChI is InChI=1S/C12H7BrN2O3S2/c13-7-1-2-9-8(5-7)12(15-6-14-9)10-3-4-11(19-10)20(16,17)18/h1-6H,(H,16,17,18). The first-order valence-electron chi connectivity index (χ1n) is 5.43. The van der Waals surface area contributed by atoms with Gasteiger partial charge in [0.2, 0.25) is 0 Å². The number of rotatable bonds is 2. The minimum absolute atomic E-state index is 0.103. The number of hydrogen-bond donors (Lipinski definition) is 1. The summed E-state index contributed by atoms with van der Waals surface area (Å²) in [6.45, 7) is 0. The maximum absolute atomic E-state index is 11.1. The van der Waals surface area contributed by atoms with E-state index >= 15 is 0 Å². The zero-order valence-electron chi connectivity index (χ0n) is 9.82. The number of aromatic nitrogens is 2. The lowest BCUT2D eigenvalue weighted by atomic mass is 10.1. The molecule has 8 heteroatoms. The molecule has 1 N–H and O–H groups in total. The summed E-state index contributed by atoms with van der Waals surface area (Å²) in [5.41, 5.74) is 1.40. The first-order chi connectivity index (χ1) is 9.45. The molecule has 0 unspecified atom stereocenters. The number of halogens is 1. The van der Waals surface area contributed by atoms with Gasteiger partial charge in [0.15, 0.2) is 0 Å². The van der Waals surface area contributed by atoms with Gasteiger partial charge in [0, 0.05) is 9.86 Å². The van der Waals surface area contributed by atoms with Gasteiger partial charge in [0.05, 0.1) is 16.1 Å². The molecule has 102 valence electrons. The topological polar surface area (TPSA) is 80.2 Å². The van der Waals surface area contributed by atoms with Gasteiger partial charge in [0.25, 0.3) is 0 Å². The third-order valence-corrected chi connectivity index (χ3v) is 5.57. The van der Waals surface area contributed by atoms with Crippen LogP contribution >= 0.6 is 27.3 Å². The van der Waals surface area contributed by atoms with Crippen LogP contribution in [0.1, 0.15) is 0 Å². The second kappa shape index (κ2) is 4.88. The molecule has 0 aliphatic rings. The second-order valence-corrected chi connectivity index (χ2v) is 7.63. The molecule has 1 aromatic carbocycles. The highest BCUT2D eigenvalue weighted by Gasteiger charge is 2.15. The van der Waals surface area contributed by atoms with E-state index in [0.29, 0.717) is 10.6 Å². The summed E-state index contributed by atoms with van der Waals surface area (Å²) in [5.74, 6) is 0. The minimum Gasteiger partial charge on any atom is -0.281 e. The van der Waals surface area contributed by atoms with Gasteiger partial charge in [-0.25, -0.2) is 9.97 Å². The van der Waals surface area contributed by atoms with Crippen molar-refractivity contribution in [3.63, 3.8) is 0 Å². The van der Waals surface area contributed by atoms with Crippen molar-refractivity contribution >= 4 is 48.3 Å². The maximum Gasteiger partial charge on any atom is 0.304 e. The number of hydrogen-bond acceptors (Lipinski definition) is 5. The quantitative estimate of drug-likeness (QED) is 0.699. The normalized spacial score (nSPS) is 11.9. The monoisotopic (exact) mass is 370 g/mol. The summed E-state index contributed by atoms with van der Waals surface area (Å²) in [6, 6.07) is 8.58. The molecule has 3 rings (SSSR count). The Morgan fingerprint density at radius 1 is 1.15 bits per heavy atom. The van der Waals surface area contributed by atoms with Gasteiger partial charge >= 0.3 is 10.1 Å². The molecule has 0 amide bonds. The number of nitrogens with zero attached hydrogens (tertiary/aromatic N) is 2. The summed E-state index contributed by atoms with van der Waals surface area (Å²) in [6.07, 6.45) is 1.43. The molecule has 5 nitrogen and oxygen atoms in total. The third kappa shape index (κ3) is 2.47. The number of benzene rings is 1. The molecule has 3 aromatic rings. The van der Waals surface area contributed by atoms with Crippen LogP contribution in [0.4, 0.5) is 0 Å². The smallest absolute Gasteiger partial charge is 0.281 e. The molecule has 2 aromatic heterocycles. The zero-order chi connectivity index (χ0) is 14.3. The lowest BCUT2D eigenvalue weighted by Gasteiger charge is -2.03. The Bertz CT molecular complexity index is 906. The summed E-state index contributed by atoms with van der Waals surface area (Å²) in [7, 11) is -4.19. The van der Waals surface area contributed by atoms with Gasteiger partial charge in [-0.1, -0.05) is 15.9 Å². The van der Waals surface area contributed by atoms with Crippen molar-refractivity contribution in [2.45, 2.75) is 4.21 Å². The molecule has 20 heavy (non-hydrogen) atoms. The molecule has 0 fully saturated rings. The Kier molecular flexibility index (Phi) is 3.33. The maximum atomic E-state index is 11.1. The van der Waals surface area contributed by atoms with Crippen LogP contribution in [-0.4, -0.2) is 22.9 Å². The van der Waals surface area contributed by atoms with Crippen molar-refractivity contribution in [2.75, 3.05) is 0 Å². The van der Waals surface area contributed by atoms with Crippen molar-refractivity contribution in [2.24, 2.45) is 0 Å². The molecule has 2 heterocycles. The molecule has 0 saturated heterocycles. The fourth-order valence-electron chi connectivity index (χ4n) is 1.81. The van der Waals surface area contributed by atoms with E-state index in [-0.39, 0.29) is 4.21 Å². The molecular weight excluding hydrogens is 364 g/mol. The average Bonchev–Trinajstić information content (AvgIpc) is 2.87. The van der Waals surface area contributed by atoms with E-state index in [1.165, 1.54) is 12.4 Å². The summed E-state index contributed by atoms with van der Waals surface area (Å²) >= 11 is 4.36. The van der Waals surface area contributed by atoms with Gasteiger partial charge in [-0.3, -0.25) is 4.55 Å². The second-order valence-electron chi connectivity index (χ2n) is 3.98. The first kappa shape index (κ1) is 13.6. The fourth-order valence-corrected chi connectivity index (χ4v) is 3.85. The molecule has 0 aliphatic heterocycles. The van der Waals surface area contributed by atoms with E-state index in [0.717, 1.165) is 26.7 Å². The fraction of sp³-hybridized carbons (Fsp3) is 0. The minimum atomic E-state index is -4.19. The lowest BCUT2D eigenvalue weighted by molar-refractivity contribution is 0.485. The molecule has 0 spiro atoms. The van der Waals surface area contributed by atoms with Crippen molar-refractivity contribution in [3.8, 4) is 10.6 Å². The average molecular weight is 371 g/mol. The highest BCUT2D eigenvalue weighted by atomic mass is 79.9. The SMILES string of the molecule is O=S(=O)(O)c1ccc(-c2ncnc3ccc(Br)cc23)s1. The predicted molar refractivity (Wildman–Crippen MR) is 80.4 cm³/mol. The first-order valence-corrected chi connectivity index (χ1v) is 8.48. The molecular formula is C12H7BrN2O3S2. The Hall–Kier alpha value is -1.35. The van der Waals surface area contributed by atoms with Crippen molar-refractivity contribution in [1.29, 1.82) is 0 Å². The lowest BCUT2D eigenvalue weighted by Crippen LogP contribution is -1.93. The third-order valence-electron chi connectivity index (χ3n) is 2.67. The van der Waals surface area contributed by atoms with E-state index < -0.39 is 10.1 Å². The van der Waals surface area contributed by atoms with E-state index in [1.807, 2.05) is 18.2 Å². The Morgan fingerprint density at radius 2 is 1.95 bits per heavy atom. The van der Waals surface area contributed by atoms with Gasteiger partial charge in [0.1, 0.15) is 10.5 Å². The molecule has 0 aliphatic carbocycles. The largest absolute Gasteiger partial charge is 0.304 e. The molecule has 0 saturated carbocycles. The van der Waals surface area contributed by atoms with Crippen LogP contribution in [0.2, 0.25) is 0 Å². The van der Waals surface area contributed by atoms with Gasteiger partial charge in [-0.15, -0.1) is 11.3 Å². The van der Waals surface area contributed by atoms with Crippen molar-refractivity contribution < 1.29 is 13.0 Å². The van der Waals surface area contributed by atoms with E-state index in [2.05, 4.69) is 25.9 Å². The van der Waals surface area contributed by atoms with Gasteiger partial charge < -0.3 is 0 Å². The Balaban J connectivity index is 2.24.